The predicted octanol–water partition coefficient (Wildman–Crippen LogP) is 3.13. The van der Waals surface area contributed by atoms with Gasteiger partial charge >= 0.3 is 0 Å². The highest BCUT2D eigenvalue weighted by molar-refractivity contribution is 5.83. The van der Waals surface area contributed by atoms with Crippen LogP contribution in [0.15, 0.2) is 59.4 Å². The van der Waals surface area contributed by atoms with Crippen LogP contribution in [-0.2, 0) is 13.0 Å². The zero-order valence-corrected chi connectivity index (χ0v) is 12.0. The molecule has 0 fully saturated rings. The summed E-state index contributed by atoms with van der Waals surface area (Å²) in [6.45, 7) is 2.67. The molecule has 3 rings (SSSR count). The molecule has 0 saturated carbocycles. The standard InChI is InChI=1S/C18H18N2O/c1-13-5-4-6-14(11-13)9-10-20-17(19)12-15-7-2-3-8-16(15)18(20)21/h2-8,11-12H,9-10,19H2,1H3. The molecule has 0 amide bonds. The molecule has 21 heavy (non-hydrogen) atoms. The lowest BCUT2D eigenvalue weighted by Gasteiger charge is -2.11. The van der Waals surface area contributed by atoms with Gasteiger partial charge in [0.2, 0.25) is 0 Å². The molecule has 0 radical (unpaired) electrons. The zero-order chi connectivity index (χ0) is 14.8. The molecule has 2 N–H and O–H groups in total. The molecule has 3 heteroatoms. The summed E-state index contributed by atoms with van der Waals surface area (Å²) in [6, 6.07) is 17.8. The number of anilines is 1. The first-order valence-electron chi connectivity index (χ1n) is 7.09. The van der Waals surface area contributed by atoms with E-state index < -0.39 is 0 Å². The molecule has 3 aromatic rings. The summed E-state index contributed by atoms with van der Waals surface area (Å²) in [5, 5.41) is 1.61. The predicted molar refractivity (Wildman–Crippen MR) is 87.5 cm³/mol. The second-order valence-electron chi connectivity index (χ2n) is 5.35. The van der Waals surface area contributed by atoms with Gasteiger partial charge in [-0.3, -0.25) is 9.36 Å². The van der Waals surface area contributed by atoms with E-state index in [9.17, 15) is 4.79 Å². The highest BCUT2D eigenvalue weighted by Gasteiger charge is 2.06. The fourth-order valence-electron chi connectivity index (χ4n) is 2.66. The minimum Gasteiger partial charge on any atom is -0.385 e. The van der Waals surface area contributed by atoms with Crippen LogP contribution in [0.2, 0.25) is 0 Å². The van der Waals surface area contributed by atoms with Crippen molar-refractivity contribution in [1.82, 2.24) is 4.57 Å². The van der Waals surface area contributed by atoms with Gasteiger partial charge < -0.3 is 5.73 Å². The van der Waals surface area contributed by atoms with Crippen LogP contribution in [0.5, 0.6) is 0 Å². The molecule has 0 aliphatic heterocycles. The summed E-state index contributed by atoms with van der Waals surface area (Å²) in [4.78, 5) is 12.5. The van der Waals surface area contributed by atoms with Gasteiger partial charge in [0.05, 0.1) is 0 Å². The van der Waals surface area contributed by atoms with Gasteiger partial charge in [-0.2, -0.15) is 0 Å². The fraction of sp³-hybridized carbons (Fsp3) is 0.167. The first-order valence-corrected chi connectivity index (χ1v) is 7.09. The van der Waals surface area contributed by atoms with Crippen LogP contribution in [0.4, 0.5) is 5.82 Å². The summed E-state index contributed by atoms with van der Waals surface area (Å²) < 4.78 is 1.66. The highest BCUT2D eigenvalue weighted by atomic mass is 16.1. The van der Waals surface area contributed by atoms with Crippen molar-refractivity contribution >= 4 is 16.6 Å². The van der Waals surface area contributed by atoms with Crippen molar-refractivity contribution in [3.05, 3.63) is 76.1 Å². The van der Waals surface area contributed by atoms with Crippen molar-refractivity contribution in [2.45, 2.75) is 19.9 Å². The van der Waals surface area contributed by atoms with E-state index in [2.05, 4.69) is 25.1 Å². The summed E-state index contributed by atoms with van der Waals surface area (Å²) in [7, 11) is 0. The largest absolute Gasteiger partial charge is 0.385 e. The van der Waals surface area contributed by atoms with Crippen LogP contribution in [0.25, 0.3) is 10.8 Å². The number of nitrogen functional groups attached to an aromatic ring is 1. The number of fused-ring (bicyclic) bond motifs is 1. The van der Waals surface area contributed by atoms with E-state index in [1.54, 1.807) is 4.57 Å². The van der Waals surface area contributed by atoms with Gasteiger partial charge in [0, 0.05) is 11.9 Å². The van der Waals surface area contributed by atoms with Crippen molar-refractivity contribution < 1.29 is 0 Å². The summed E-state index contributed by atoms with van der Waals surface area (Å²) in [5.74, 6) is 0.520. The van der Waals surface area contributed by atoms with E-state index in [-0.39, 0.29) is 5.56 Å². The van der Waals surface area contributed by atoms with Crippen LogP contribution in [-0.4, -0.2) is 4.57 Å². The molecule has 0 atom stereocenters. The second-order valence-corrected chi connectivity index (χ2v) is 5.35. The number of nitrogens with two attached hydrogens (primary N) is 1. The number of rotatable bonds is 3. The zero-order valence-electron chi connectivity index (χ0n) is 12.0. The van der Waals surface area contributed by atoms with Gasteiger partial charge in [-0.05, 0) is 36.4 Å². The quantitative estimate of drug-likeness (QED) is 0.800. The number of aryl methyl sites for hydroxylation is 2. The SMILES string of the molecule is Cc1cccc(CCn2c(N)cc3ccccc3c2=O)c1. The molecule has 0 spiro atoms. The lowest BCUT2D eigenvalue weighted by molar-refractivity contribution is 0.684. The molecule has 0 bridgehead atoms. The third-order valence-electron chi connectivity index (χ3n) is 3.76. The topological polar surface area (TPSA) is 48.0 Å². The molecule has 1 heterocycles. The van der Waals surface area contributed by atoms with E-state index in [1.807, 2.05) is 36.4 Å². The highest BCUT2D eigenvalue weighted by Crippen LogP contribution is 2.14. The van der Waals surface area contributed by atoms with E-state index in [0.717, 1.165) is 17.2 Å². The van der Waals surface area contributed by atoms with Gasteiger partial charge in [0.25, 0.3) is 5.56 Å². The van der Waals surface area contributed by atoms with E-state index in [1.165, 1.54) is 11.1 Å². The lowest BCUT2D eigenvalue weighted by atomic mass is 10.1. The molecule has 0 saturated heterocycles. The Balaban J connectivity index is 1.95. The van der Waals surface area contributed by atoms with Crippen molar-refractivity contribution in [2.24, 2.45) is 0 Å². The van der Waals surface area contributed by atoms with Gasteiger partial charge in [0.1, 0.15) is 5.82 Å². The minimum absolute atomic E-state index is 0.0155. The molecule has 106 valence electrons. The minimum atomic E-state index is -0.0155. The van der Waals surface area contributed by atoms with Crippen LogP contribution in [0, 0.1) is 6.92 Å². The Hall–Kier alpha value is -2.55. The fourth-order valence-corrected chi connectivity index (χ4v) is 2.66. The average Bonchev–Trinajstić information content (AvgIpc) is 2.47. The summed E-state index contributed by atoms with van der Waals surface area (Å²) >= 11 is 0. The molecular formula is C18H18N2O. The number of nitrogens with zero attached hydrogens (tertiary/aromatic N) is 1. The van der Waals surface area contributed by atoms with E-state index in [0.29, 0.717) is 12.4 Å². The van der Waals surface area contributed by atoms with Crippen LogP contribution in [0.1, 0.15) is 11.1 Å². The molecule has 0 aliphatic rings. The first-order chi connectivity index (χ1) is 10.1. The number of hydrogen-bond donors (Lipinski definition) is 1. The Morgan fingerprint density at radius 1 is 1.05 bits per heavy atom. The van der Waals surface area contributed by atoms with Crippen LogP contribution in [0.3, 0.4) is 0 Å². The van der Waals surface area contributed by atoms with Crippen molar-refractivity contribution in [2.75, 3.05) is 5.73 Å². The molecule has 3 nitrogen and oxygen atoms in total. The van der Waals surface area contributed by atoms with Crippen molar-refractivity contribution in [1.29, 1.82) is 0 Å². The maximum absolute atomic E-state index is 12.5. The third-order valence-corrected chi connectivity index (χ3v) is 3.76. The lowest BCUT2D eigenvalue weighted by Crippen LogP contribution is -2.24. The van der Waals surface area contributed by atoms with Crippen molar-refractivity contribution in [3.63, 3.8) is 0 Å². The Morgan fingerprint density at radius 3 is 2.67 bits per heavy atom. The maximum atomic E-state index is 12.5. The van der Waals surface area contributed by atoms with Crippen LogP contribution >= 0.6 is 0 Å². The number of benzene rings is 2. The number of pyridine rings is 1. The second kappa shape index (κ2) is 5.44. The Morgan fingerprint density at radius 2 is 1.86 bits per heavy atom. The Kier molecular flexibility index (Phi) is 3.48. The van der Waals surface area contributed by atoms with Crippen LogP contribution < -0.4 is 11.3 Å². The van der Waals surface area contributed by atoms with Gasteiger partial charge in [-0.15, -0.1) is 0 Å². The van der Waals surface area contributed by atoms with Crippen molar-refractivity contribution in [3.8, 4) is 0 Å². The summed E-state index contributed by atoms with van der Waals surface area (Å²) in [6.07, 6.45) is 0.796. The molecule has 0 unspecified atom stereocenters. The maximum Gasteiger partial charge on any atom is 0.259 e. The monoisotopic (exact) mass is 278 g/mol. The first kappa shape index (κ1) is 13.4. The third kappa shape index (κ3) is 2.68. The van der Waals surface area contributed by atoms with E-state index in [4.69, 9.17) is 5.73 Å². The molecular weight excluding hydrogens is 260 g/mol. The van der Waals surface area contributed by atoms with Gasteiger partial charge in [-0.25, -0.2) is 0 Å². The summed E-state index contributed by atoms with van der Waals surface area (Å²) in [5.41, 5.74) is 8.47. The number of hydrogen-bond acceptors (Lipinski definition) is 2. The van der Waals surface area contributed by atoms with Gasteiger partial charge in [-0.1, -0.05) is 48.0 Å². The average molecular weight is 278 g/mol. The normalized spacial score (nSPS) is 10.9. The van der Waals surface area contributed by atoms with Gasteiger partial charge in [0.15, 0.2) is 0 Å². The molecule has 0 aliphatic carbocycles. The molecule has 2 aromatic carbocycles. The van der Waals surface area contributed by atoms with E-state index >= 15 is 0 Å². The number of aromatic nitrogens is 1. The smallest absolute Gasteiger partial charge is 0.259 e. The Labute approximate surface area is 123 Å². The Bertz CT molecular complexity index is 849. The molecule has 1 aromatic heterocycles.